The molecule has 1 aromatic carbocycles. The van der Waals surface area contributed by atoms with E-state index in [1.807, 2.05) is 52.8 Å². The first-order valence-electron chi connectivity index (χ1n) is 10.7. The number of benzene rings is 1. The van der Waals surface area contributed by atoms with E-state index in [0.29, 0.717) is 29.3 Å². The van der Waals surface area contributed by atoms with Crippen LogP contribution in [-0.2, 0) is 10.2 Å². The molecule has 0 spiro atoms. The van der Waals surface area contributed by atoms with Gasteiger partial charge in [-0.3, -0.25) is 9.59 Å². The van der Waals surface area contributed by atoms with Crippen molar-refractivity contribution in [2.45, 2.75) is 77.8 Å². The Morgan fingerprint density at radius 3 is 2.57 bits per heavy atom. The molecule has 1 aliphatic carbocycles. The molecule has 2 unspecified atom stereocenters. The van der Waals surface area contributed by atoms with Crippen molar-refractivity contribution in [2.24, 2.45) is 5.92 Å². The van der Waals surface area contributed by atoms with Gasteiger partial charge in [0.25, 0.3) is 11.8 Å². The molecule has 7 nitrogen and oxygen atoms in total. The van der Waals surface area contributed by atoms with Crippen LogP contribution in [0.5, 0.6) is 0 Å². The summed E-state index contributed by atoms with van der Waals surface area (Å²) in [6.45, 7) is 9.94. The molecule has 1 fully saturated rings. The van der Waals surface area contributed by atoms with Gasteiger partial charge in [0, 0.05) is 23.4 Å². The molecular formula is C23H32N4O3. The van der Waals surface area contributed by atoms with Crippen LogP contribution in [0.3, 0.4) is 0 Å². The van der Waals surface area contributed by atoms with Crippen LogP contribution < -0.4 is 10.6 Å². The van der Waals surface area contributed by atoms with E-state index in [9.17, 15) is 9.59 Å². The van der Waals surface area contributed by atoms with Crippen LogP contribution in [0.1, 0.15) is 76.5 Å². The third kappa shape index (κ3) is 5.26. The minimum atomic E-state index is -0.243. The minimum Gasteiger partial charge on any atom is -0.354 e. The average Bonchev–Trinajstić information content (AvgIpc) is 3.18. The maximum absolute atomic E-state index is 13.1. The van der Waals surface area contributed by atoms with Gasteiger partial charge in [0.1, 0.15) is 0 Å². The molecule has 2 aromatic rings. The summed E-state index contributed by atoms with van der Waals surface area (Å²) in [5.41, 5.74) is 0.866. The van der Waals surface area contributed by atoms with Gasteiger partial charge in [-0.1, -0.05) is 44.5 Å². The van der Waals surface area contributed by atoms with Gasteiger partial charge < -0.3 is 15.2 Å². The Balaban J connectivity index is 1.73. The number of aromatic nitrogens is 2. The smallest absolute Gasteiger partial charge is 0.258 e. The van der Waals surface area contributed by atoms with Crippen LogP contribution in [0.15, 0.2) is 28.8 Å². The fraction of sp³-hybridized carbons (Fsp3) is 0.565. The number of hydrogen-bond acceptors (Lipinski definition) is 5. The SMILES string of the molecule is CC(C)NC(=O)C1CCCC(NC(=O)c2ccccc2-c2nc(C(C)(C)C)no2)C1. The fourth-order valence-corrected chi connectivity index (χ4v) is 3.73. The Bertz CT molecular complexity index is 898. The Labute approximate surface area is 178 Å². The van der Waals surface area contributed by atoms with Crippen molar-refractivity contribution in [3.8, 4) is 11.5 Å². The zero-order chi connectivity index (χ0) is 21.9. The average molecular weight is 413 g/mol. The summed E-state index contributed by atoms with van der Waals surface area (Å²) < 4.78 is 5.45. The molecule has 0 radical (unpaired) electrons. The first-order valence-corrected chi connectivity index (χ1v) is 10.7. The highest BCUT2D eigenvalue weighted by Gasteiger charge is 2.29. The van der Waals surface area contributed by atoms with E-state index in [4.69, 9.17) is 4.52 Å². The van der Waals surface area contributed by atoms with Gasteiger partial charge in [-0.15, -0.1) is 0 Å². The van der Waals surface area contributed by atoms with Gasteiger partial charge in [0.05, 0.1) is 11.1 Å². The molecule has 1 aliphatic rings. The molecule has 162 valence electrons. The lowest BCUT2D eigenvalue weighted by Gasteiger charge is -2.29. The number of rotatable bonds is 5. The lowest BCUT2D eigenvalue weighted by Crippen LogP contribution is -2.43. The summed E-state index contributed by atoms with van der Waals surface area (Å²) in [5.74, 6) is 0.760. The number of carbonyl (C=O) groups is 2. The lowest BCUT2D eigenvalue weighted by molar-refractivity contribution is -0.126. The summed E-state index contributed by atoms with van der Waals surface area (Å²) >= 11 is 0. The van der Waals surface area contributed by atoms with Gasteiger partial charge in [0.15, 0.2) is 5.82 Å². The second kappa shape index (κ2) is 8.98. The van der Waals surface area contributed by atoms with Crippen molar-refractivity contribution in [1.82, 2.24) is 20.8 Å². The van der Waals surface area contributed by atoms with Crippen molar-refractivity contribution >= 4 is 11.8 Å². The van der Waals surface area contributed by atoms with Gasteiger partial charge in [0.2, 0.25) is 5.91 Å². The Hall–Kier alpha value is -2.70. The molecular weight excluding hydrogens is 380 g/mol. The maximum Gasteiger partial charge on any atom is 0.258 e. The first kappa shape index (κ1) is 22.0. The number of amides is 2. The monoisotopic (exact) mass is 412 g/mol. The van der Waals surface area contributed by atoms with E-state index in [0.717, 1.165) is 19.3 Å². The summed E-state index contributed by atoms with van der Waals surface area (Å²) in [6, 6.07) is 7.33. The predicted molar refractivity (Wildman–Crippen MR) is 115 cm³/mol. The van der Waals surface area contributed by atoms with Gasteiger partial charge in [-0.05, 0) is 45.2 Å². The van der Waals surface area contributed by atoms with Crippen molar-refractivity contribution in [3.05, 3.63) is 35.7 Å². The van der Waals surface area contributed by atoms with E-state index in [2.05, 4.69) is 20.8 Å². The molecule has 2 amide bonds. The quantitative estimate of drug-likeness (QED) is 0.777. The third-order valence-electron chi connectivity index (χ3n) is 5.31. The molecule has 1 saturated carbocycles. The zero-order valence-corrected chi connectivity index (χ0v) is 18.5. The normalized spacial score (nSPS) is 19.5. The van der Waals surface area contributed by atoms with Crippen LogP contribution in [0.4, 0.5) is 0 Å². The van der Waals surface area contributed by atoms with Crippen LogP contribution in [0.2, 0.25) is 0 Å². The molecule has 7 heteroatoms. The standard InChI is InChI=1S/C23H32N4O3/c1-14(2)24-19(28)15-9-8-10-16(13-15)25-20(29)17-11-6-7-12-18(17)21-26-22(27-30-21)23(3,4)5/h6-7,11-12,14-16H,8-10,13H2,1-5H3,(H,24,28)(H,25,29). The summed E-state index contributed by atoms with van der Waals surface area (Å²) in [5, 5.41) is 10.2. The second-order valence-electron chi connectivity index (χ2n) is 9.42. The lowest BCUT2D eigenvalue weighted by atomic mass is 9.84. The van der Waals surface area contributed by atoms with Gasteiger partial charge in [-0.25, -0.2) is 0 Å². The fourth-order valence-electron chi connectivity index (χ4n) is 3.73. The predicted octanol–water partition coefficient (Wildman–Crippen LogP) is 3.85. The number of hydrogen-bond donors (Lipinski definition) is 2. The molecule has 2 atom stereocenters. The molecule has 0 bridgehead atoms. The zero-order valence-electron chi connectivity index (χ0n) is 18.5. The van der Waals surface area contributed by atoms with Crippen molar-refractivity contribution in [1.29, 1.82) is 0 Å². The van der Waals surface area contributed by atoms with Crippen LogP contribution in [0, 0.1) is 5.92 Å². The number of carbonyl (C=O) groups excluding carboxylic acids is 2. The van der Waals surface area contributed by atoms with E-state index in [1.54, 1.807) is 6.07 Å². The summed E-state index contributed by atoms with van der Waals surface area (Å²) in [6.07, 6.45) is 3.30. The third-order valence-corrected chi connectivity index (χ3v) is 5.31. The molecule has 0 saturated heterocycles. The highest BCUT2D eigenvalue weighted by Crippen LogP contribution is 2.28. The first-order chi connectivity index (χ1) is 14.1. The number of nitrogens with one attached hydrogen (secondary N) is 2. The van der Waals surface area contributed by atoms with E-state index < -0.39 is 0 Å². The van der Waals surface area contributed by atoms with Crippen molar-refractivity contribution in [2.75, 3.05) is 0 Å². The highest BCUT2D eigenvalue weighted by molar-refractivity contribution is 6.00. The van der Waals surface area contributed by atoms with Crippen molar-refractivity contribution < 1.29 is 14.1 Å². The van der Waals surface area contributed by atoms with E-state index in [-0.39, 0.29) is 35.2 Å². The topological polar surface area (TPSA) is 97.1 Å². The Kier molecular flexibility index (Phi) is 6.58. The molecule has 0 aliphatic heterocycles. The Morgan fingerprint density at radius 1 is 1.17 bits per heavy atom. The molecule has 30 heavy (non-hydrogen) atoms. The Morgan fingerprint density at radius 2 is 1.90 bits per heavy atom. The minimum absolute atomic E-state index is 0.0324. The van der Waals surface area contributed by atoms with Crippen LogP contribution in [-0.4, -0.2) is 34.0 Å². The summed E-state index contributed by atoms with van der Waals surface area (Å²) in [4.78, 5) is 29.9. The molecule has 1 heterocycles. The summed E-state index contributed by atoms with van der Waals surface area (Å²) in [7, 11) is 0. The van der Waals surface area contributed by atoms with Gasteiger partial charge in [-0.2, -0.15) is 4.98 Å². The van der Waals surface area contributed by atoms with Gasteiger partial charge >= 0.3 is 0 Å². The van der Waals surface area contributed by atoms with Crippen LogP contribution in [0.25, 0.3) is 11.5 Å². The second-order valence-corrected chi connectivity index (χ2v) is 9.42. The van der Waals surface area contributed by atoms with Crippen LogP contribution >= 0.6 is 0 Å². The molecule has 3 rings (SSSR count). The molecule has 2 N–H and O–H groups in total. The maximum atomic E-state index is 13.1. The molecule has 1 aromatic heterocycles. The highest BCUT2D eigenvalue weighted by atomic mass is 16.5. The number of nitrogens with zero attached hydrogens (tertiary/aromatic N) is 2. The largest absolute Gasteiger partial charge is 0.354 e. The van der Waals surface area contributed by atoms with E-state index in [1.165, 1.54) is 0 Å². The van der Waals surface area contributed by atoms with Crippen molar-refractivity contribution in [3.63, 3.8) is 0 Å². The van der Waals surface area contributed by atoms with E-state index >= 15 is 0 Å².